The highest BCUT2D eigenvalue weighted by molar-refractivity contribution is 6.31. The Morgan fingerprint density at radius 2 is 2.00 bits per heavy atom. The third-order valence-electron chi connectivity index (χ3n) is 4.73. The van der Waals surface area contributed by atoms with E-state index >= 15 is 0 Å². The molecule has 0 aromatic heterocycles. The third-order valence-corrected chi connectivity index (χ3v) is 5.02. The molecule has 126 valence electrons. The van der Waals surface area contributed by atoms with E-state index in [-0.39, 0.29) is 10.9 Å². The first-order valence-corrected chi connectivity index (χ1v) is 8.54. The van der Waals surface area contributed by atoms with Crippen molar-refractivity contribution in [3.05, 3.63) is 34.6 Å². The number of carbonyl (C=O) groups is 1. The van der Waals surface area contributed by atoms with E-state index in [1.807, 2.05) is 0 Å². The minimum atomic E-state index is -0.859. The van der Waals surface area contributed by atoms with Gasteiger partial charge in [0.2, 0.25) is 0 Å². The lowest BCUT2D eigenvalue weighted by Gasteiger charge is -2.41. The van der Waals surface area contributed by atoms with Gasteiger partial charge in [-0.3, -0.25) is 4.79 Å². The number of β-amino-alcohol motifs (C(OH)–C–C–N with tert-alkyl or cyclic N) is 1. The van der Waals surface area contributed by atoms with Crippen LogP contribution >= 0.6 is 11.6 Å². The third kappa shape index (κ3) is 3.84. The van der Waals surface area contributed by atoms with Crippen molar-refractivity contribution in [3.63, 3.8) is 0 Å². The number of carbonyl (C=O) groups excluding carboxylic acids is 1. The van der Waals surface area contributed by atoms with Gasteiger partial charge in [0.1, 0.15) is 5.82 Å². The summed E-state index contributed by atoms with van der Waals surface area (Å²) in [5, 5.41) is 10.8. The number of amides is 1. The Morgan fingerprint density at radius 1 is 1.26 bits per heavy atom. The zero-order chi connectivity index (χ0) is 16.4. The first-order chi connectivity index (χ1) is 11.0. The Bertz CT molecular complexity index is 592. The summed E-state index contributed by atoms with van der Waals surface area (Å²) < 4.78 is 13.3. The second-order valence-corrected chi connectivity index (χ2v) is 7.07. The van der Waals surface area contributed by atoms with Crippen molar-refractivity contribution in [3.8, 4) is 0 Å². The fraction of sp³-hybridized carbons (Fsp3) is 0.588. The molecule has 2 fully saturated rings. The fourth-order valence-electron chi connectivity index (χ4n) is 3.58. The lowest BCUT2D eigenvalue weighted by molar-refractivity contribution is -0.0431. The minimum absolute atomic E-state index is 0.0554. The molecule has 0 saturated carbocycles. The van der Waals surface area contributed by atoms with E-state index in [0.717, 1.165) is 19.5 Å². The van der Waals surface area contributed by atoms with Gasteiger partial charge in [0.15, 0.2) is 0 Å². The highest BCUT2D eigenvalue weighted by Crippen LogP contribution is 2.26. The fourth-order valence-corrected chi connectivity index (χ4v) is 3.76. The van der Waals surface area contributed by atoms with Crippen LogP contribution in [0.25, 0.3) is 0 Å². The van der Waals surface area contributed by atoms with Gasteiger partial charge < -0.3 is 14.9 Å². The van der Waals surface area contributed by atoms with Gasteiger partial charge in [0, 0.05) is 18.7 Å². The Labute approximate surface area is 140 Å². The highest BCUT2D eigenvalue weighted by atomic mass is 35.5. The number of benzene rings is 1. The van der Waals surface area contributed by atoms with E-state index in [4.69, 9.17) is 11.6 Å². The van der Waals surface area contributed by atoms with Crippen LogP contribution in [0.1, 0.15) is 36.0 Å². The van der Waals surface area contributed by atoms with Gasteiger partial charge in [-0.2, -0.15) is 0 Å². The molecule has 1 atom stereocenters. The van der Waals surface area contributed by atoms with Gasteiger partial charge in [-0.05, 0) is 57.0 Å². The van der Waals surface area contributed by atoms with Crippen LogP contribution < -0.4 is 0 Å². The molecule has 3 rings (SSSR count). The molecule has 4 nitrogen and oxygen atoms in total. The van der Waals surface area contributed by atoms with Crippen LogP contribution in [0.5, 0.6) is 0 Å². The monoisotopic (exact) mass is 340 g/mol. The molecule has 2 aliphatic heterocycles. The average molecular weight is 341 g/mol. The highest BCUT2D eigenvalue weighted by Gasteiger charge is 2.37. The Morgan fingerprint density at radius 3 is 2.70 bits per heavy atom. The molecule has 0 radical (unpaired) electrons. The number of aliphatic hydroxyl groups is 1. The molecule has 0 spiro atoms. The zero-order valence-corrected chi connectivity index (χ0v) is 13.9. The van der Waals surface area contributed by atoms with Crippen LogP contribution in [0.4, 0.5) is 4.39 Å². The predicted molar refractivity (Wildman–Crippen MR) is 87.2 cm³/mol. The molecule has 1 aromatic carbocycles. The SMILES string of the molecule is O=C(c1ccc(F)c(Cl)c1)N1CCC[C@@](O)(CN2CCCC2)C1. The summed E-state index contributed by atoms with van der Waals surface area (Å²) in [7, 11) is 0. The summed E-state index contributed by atoms with van der Waals surface area (Å²) >= 11 is 5.76. The topological polar surface area (TPSA) is 43.8 Å². The first kappa shape index (κ1) is 16.7. The van der Waals surface area contributed by atoms with E-state index < -0.39 is 11.4 Å². The zero-order valence-electron chi connectivity index (χ0n) is 13.1. The van der Waals surface area contributed by atoms with Gasteiger partial charge in [-0.15, -0.1) is 0 Å². The van der Waals surface area contributed by atoms with Gasteiger partial charge >= 0.3 is 0 Å². The molecular formula is C17H22ClFN2O2. The molecule has 2 aliphatic rings. The van der Waals surface area contributed by atoms with E-state index in [9.17, 15) is 14.3 Å². The number of halogens is 2. The van der Waals surface area contributed by atoms with Crippen molar-refractivity contribution in [2.75, 3.05) is 32.7 Å². The molecular weight excluding hydrogens is 319 g/mol. The normalized spacial score (nSPS) is 25.8. The first-order valence-electron chi connectivity index (χ1n) is 8.16. The van der Waals surface area contributed by atoms with Gasteiger partial charge in [-0.1, -0.05) is 11.6 Å². The second-order valence-electron chi connectivity index (χ2n) is 6.67. The van der Waals surface area contributed by atoms with Crippen LogP contribution in [0.15, 0.2) is 18.2 Å². The summed E-state index contributed by atoms with van der Waals surface area (Å²) in [4.78, 5) is 16.5. The number of hydrogen-bond donors (Lipinski definition) is 1. The van der Waals surface area contributed by atoms with Crippen LogP contribution in [-0.2, 0) is 0 Å². The lowest BCUT2D eigenvalue weighted by Crippen LogP contribution is -2.55. The van der Waals surface area contributed by atoms with E-state index in [1.54, 1.807) is 4.90 Å². The van der Waals surface area contributed by atoms with Crippen molar-refractivity contribution >= 4 is 17.5 Å². The maximum absolute atomic E-state index is 13.3. The minimum Gasteiger partial charge on any atom is -0.387 e. The average Bonchev–Trinajstić information content (AvgIpc) is 3.01. The predicted octanol–water partition coefficient (Wildman–Crippen LogP) is 2.54. The Hall–Kier alpha value is -1.17. The molecule has 1 amide bonds. The van der Waals surface area contributed by atoms with E-state index in [0.29, 0.717) is 31.6 Å². The van der Waals surface area contributed by atoms with Crippen molar-refractivity contribution in [1.29, 1.82) is 0 Å². The van der Waals surface area contributed by atoms with Crippen LogP contribution in [-0.4, -0.2) is 59.1 Å². The van der Waals surface area contributed by atoms with Gasteiger partial charge in [0.25, 0.3) is 5.91 Å². The lowest BCUT2D eigenvalue weighted by atomic mass is 9.91. The van der Waals surface area contributed by atoms with Crippen molar-refractivity contribution in [1.82, 2.24) is 9.80 Å². The standard InChI is InChI=1S/C17H22ClFN2O2/c18-14-10-13(4-5-15(14)19)16(22)21-9-3-6-17(23,12-21)11-20-7-1-2-8-20/h4-5,10,23H,1-3,6-9,11-12H2/t17-/m1/s1. The maximum atomic E-state index is 13.3. The molecule has 0 bridgehead atoms. The molecule has 1 N–H and O–H groups in total. The summed E-state index contributed by atoms with van der Waals surface area (Å²) in [6.45, 7) is 3.57. The Kier molecular flexibility index (Phi) is 4.90. The number of rotatable bonds is 3. The van der Waals surface area contributed by atoms with Crippen molar-refractivity contribution < 1.29 is 14.3 Å². The van der Waals surface area contributed by atoms with Crippen LogP contribution in [0.2, 0.25) is 5.02 Å². The molecule has 0 aliphatic carbocycles. The largest absolute Gasteiger partial charge is 0.387 e. The molecule has 2 saturated heterocycles. The molecule has 6 heteroatoms. The number of hydrogen-bond acceptors (Lipinski definition) is 3. The van der Waals surface area contributed by atoms with Crippen LogP contribution in [0.3, 0.4) is 0 Å². The van der Waals surface area contributed by atoms with Crippen LogP contribution in [0, 0.1) is 5.82 Å². The molecule has 23 heavy (non-hydrogen) atoms. The summed E-state index contributed by atoms with van der Waals surface area (Å²) in [5.41, 5.74) is -0.496. The number of piperidine rings is 1. The molecule has 0 unspecified atom stereocenters. The number of likely N-dealkylation sites (tertiary alicyclic amines) is 2. The summed E-state index contributed by atoms with van der Waals surface area (Å²) in [6, 6.07) is 4.00. The van der Waals surface area contributed by atoms with Gasteiger partial charge in [-0.25, -0.2) is 4.39 Å². The van der Waals surface area contributed by atoms with E-state index in [2.05, 4.69) is 4.90 Å². The summed E-state index contributed by atoms with van der Waals surface area (Å²) in [6.07, 6.45) is 3.82. The smallest absolute Gasteiger partial charge is 0.254 e. The maximum Gasteiger partial charge on any atom is 0.254 e. The molecule has 1 aromatic rings. The Balaban J connectivity index is 1.69. The van der Waals surface area contributed by atoms with Crippen molar-refractivity contribution in [2.24, 2.45) is 0 Å². The molecule has 2 heterocycles. The quantitative estimate of drug-likeness (QED) is 0.919. The van der Waals surface area contributed by atoms with Crippen molar-refractivity contribution in [2.45, 2.75) is 31.3 Å². The number of nitrogens with zero attached hydrogens (tertiary/aromatic N) is 2. The second kappa shape index (κ2) is 6.75. The van der Waals surface area contributed by atoms with Gasteiger partial charge in [0.05, 0.1) is 17.2 Å². The van der Waals surface area contributed by atoms with E-state index in [1.165, 1.54) is 31.0 Å². The summed E-state index contributed by atoms with van der Waals surface area (Å²) in [5.74, 6) is -0.737.